The van der Waals surface area contributed by atoms with Crippen molar-refractivity contribution in [1.29, 1.82) is 0 Å². The lowest BCUT2D eigenvalue weighted by Gasteiger charge is -2.09. The number of carbonyl (C=O) groups is 1. The molecule has 3 rings (SSSR count). The zero-order chi connectivity index (χ0) is 19.9. The smallest absolute Gasteiger partial charge is 0.406 e. The topological polar surface area (TPSA) is 94.2 Å². The zero-order valence-electron chi connectivity index (χ0n) is 14.6. The standard InChI is InChI=1S/C10H15N5O.C7H5F3O/c1-15-10-7(3-2-4-12-10)8(14-15)6-13-9(16)5-11;8-7(9,10)11-6-4-2-1-3-5-6/h2-3,12H,4-6,11H2,1H3,(H,13,16);1-5H. The number of aryl methyl sites for hydroxylation is 1. The van der Waals surface area contributed by atoms with Gasteiger partial charge in [0.05, 0.1) is 18.8 Å². The summed E-state index contributed by atoms with van der Waals surface area (Å²) in [5, 5.41) is 10.3. The Morgan fingerprint density at radius 1 is 1.37 bits per heavy atom. The number of rotatable bonds is 4. The Bertz CT molecular complexity index is 788. The molecule has 2 heterocycles. The minimum absolute atomic E-state index is 0.00309. The van der Waals surface area contributed by atoms with Crippen LogP contribution < -0.4 is 21.1 Å². The lowest BCUT2D eigenvalue weighted by Crippen LogP contribution is -2.30. The Labute approximate surface area is 154 Å². The molecule has 1 aromatic carbocycles. The third-order valence-electron chi connectivity index (χ3n) is 3.45. The van der Waals surface area contributed by atoms with Gasteiger partial charge < -0.3 is 21.1 Å². The van der Waals surface area contributed by atoms with Gasteiger partial charge in [0, 0.05) is 19.2 Å². The number of hydrogen-bond donors (Lipinski definition) is 3. The van der Waals surface area contributed by atoms with Gasteiger partial charge in [0.15, 0.2) is 0 Å². The molecule has 0 fully saturated rings. The molecule has 0 unspecified atom stereocenters. The number of nitrogens with one attached hydrogen (secondary N) is 2. The van der Waals surface area contributed by atoms with Crippen molar-refractivity contribution in [1.82, 2.24) is 15.1 Å². The molecular formula is C17H20F3N5O2. The van der Waals surface area contributed by atoms with Crippen LogP contribution in [0.15, 0.2) is 36.4 Å². The predicted molar refractivity (Wildman–Crippen MR) is 94.8 cm³/mol. The number of hydrogen-bond acceptors (Lipinski definition) is 5. The molecule has 7 nitrogen and oxygen atoms in total. The summed E-state index contributed by atoms with van der Waals surface area (Å²) in [6.07, 6.45) is -0.553. The Morgan fingerprint density at radius 2 is 2.07 bits per heavy atom. The van der Waals surface area contributed by atoms with Crippen molar-refractivity contribution >= 4 is 17.8 Å². The maximum Gasteiger partial charge on any atom is 0.573 e. The second-order valence-corrected chi connectivity index (χ2v) is 5.46. The molecule has 10 heteroatoms. The van der Waals surface area contributed by atoms with Gasteiger partial charge in [0.2, 0.25) is 5.91 Å². The zero-order valence-corrected chi connectivity index (χ0v) is 14.6. The highest BCUT2D eigenvalue weighted by Gasteiger charge is 2.30. The molecule has 0 bridgehead atoms. The van der Waals surface area contributed by atoms with E-state index in [1.54, 1.807) is 10.7 Å². The highest BCUT2D eigenvalue weighted by atomic mass is 19.4. The average Bonchev–Trinajstić information content (AvgIpc) is 2.96. The fourth-order valence-corrected chi connectivity index (χ4v) is 2.32. The highest BCUT2D eigenvalue weighted by Crippen LogP contribution is 2.23. The molecule has 1 amide bonds. The van der Waals surface area contributed by atoms with Gasteiger partial charge in [-0.25, -0.2) is 0 Å². The van der Waals surface area contributed by atoms with E-state index >= 15 is 0 Å². The van der Waals surface area contributed by atoms with Crippen molar-refractivity contribution in [2.24, 2.45) is 12.8 Å². The minimum atomic E-state index is -4.60. The maximum atomic E-state index is 11.5. The van der Waals surface area contributed by atoms with Gasteiger partial charge in [0.1, 0.15) is 11.6 Å². The fourth-order valence-electron chi connectivity index (χ4n) is 2.32. The molecule has 0 radical (unpaired) electrons. The normalized spacial score (nSPS) is 12.3. The molecular weight excluding hydrogens is 363 g/mol. The molecule has 146 valence electrons. The summed E-state index contributed by atoms with van der Waals surface area (Å²) in [4.78, 5) is 11.1. The first-order valence-electron chi connectivity index (χ1n) is 8.04. The molecule has 2 aromatic rings. The van der Waals surface area contributed by atoms with E-state index in [1.807, 2.05) is 19.2 Å². The van der Waals surface area contributed by atoms with Crippen molar-refractivity contribution in [3.05, 3.63) is 47.7 Å². The van der Waals surface area contributed by atoms with E-state index in [9.17, 15) is 18.0 Å². The second kappa shape index (κ2) is 9.08. The number of alkyl halides is 3. The van der Waals surface area contributed by atoms with Crippen LogP contribution in [0.1, 0.15) is 11.3 Å². The molecule has 1 aliphatic heterocycles. The predicted octanol–water partition coefficient (Wildman–Crippen LogP) is 2.02. The number of fused-ring (bicyclic) bond motifs is 1. The summed E-state index contributed by atoms with van der Waals surface area (Å²) in [7, 11) is 1.87. The second-order valence-electron chi connectivity index (χ2n) is 5.46. The van der Waals surface area contributed by atoms with Crippen molar-refractivity contribution in [3.8, 4) is 5.75 Å². The first-order chi connectivity index (χ1) is 12.8. The van der Waals surface area contributed by atoms with Crippen LogP contribution >= 0.6 is 0 Å². The van der Waals surface area contributed by atoms with Gasteiger partial charge in [-0.05, 0) is 12.1 Å². The van der Waals surface area contributed by atoms with E-state index in [0.717, 1.165) is 23.6 Å². The van der Waals surface area contributed by atoms with Gasteiger partial charge in [-0.1, -0.05) is 30.4 Å². The van der Waals surface area contributed by atoms with E-state index in [2.05, 4.69) is 20.5 Å². The number of nitrogens with two attached hydrogens (primary N) is 1. The van der Waals surface area contributed by atoms with Gasteiger partial charge >= 0.3 is 6.36 Å². The number of anilines is 1. The summed E-state index contributed by atoms with van der Waals surface area (Å²) >= 11 is 0. The lowest BCUT2D eigenvalue weighted by molar-refractivity contribution is -0.274. The van der Waals surface area contributed by atoms with Crippen LogP contribution in [0.2, 0.25) is 0 Å². The van der Waals surface area contributed by atoms with Crippen LogP contribution in [0.25, 0.3) is 6.08 Å². The fraction of sp³-hybridized carbons (Fsp3) is 0.294. The Hall–Kier alpha value is -3.01. The van der Waals surface area contributed by atoms with E-state index in [0.29, 0.717) is 6.54 Å². The van der Waals surface area contributed by atoms with Gasteiger partial charge in [-0.3, -0.25) is 9.48 Å². The molecule has 0 aliphatic carbocycles. The molecule has 27 heavy (non-hydrogen) atoms. The molecule has 1 aromatic heterocycles. The van der Waals surface area contributed by atoms with Crippen LogP contribution in [0, 0.1) is 0 Å². The van der Waals surface area contributed by atoms with Crippen LogP contribution in [0.4, 0.5) is 19.0 Å². The number of para-hydroxylation sites is 1. The number of halogens is 3. The Balaban J connectivity index is 0.000000208. The molecule has 0 saturated heterocycles. The van der Waals surface area contributed by atoms with Crippen molar-refractivity contribution in [3.63, 3.8) is 0 Å². The van der Waals surface area contributed by atoms with Gasteiger partial charge in [0.25, 0.3) is 0 Å². The summed E-state index contributed by atoms with van der Waals surface area (Å²) in [6.45, 7) is 1.22. The number of nitrogens with zero attached hydrogens (tertiary/aromatic N) is 2. The van der Waals surface area contributed by atoms with Crippen LogP contribution in [0.5, 0.6) is 5.75 Å². The quantitative estimate of drug-likeness (QED) is 0.751. The average molecular weight is 383 g/mol. The first kappa shape index (κ1) is 20.3. The minimum Gasteiger partial charge on any atom is -0.406 e. The highest BCUT2D eigenvalue weighted by molar-refractivity contribution is 5.78. The van der Waals surface area contributed by atoms with Crippen molar-refractivity contribution < 1.29 is 22.7 Å². The van der Waals surface area contributed by atoms with Crippen molar-refractivity contribution in [2.45, 2.75) is 12.9 Å². The van der Waals surface area contributed by atoms with Crippen LogP contribution in [-0.4, -0.2) is 35.1 Å². The number of ether oxygens (including phenoxy) is 1. The third-order valence-corrected chi connectivity index (χ3v) is 3.45. The molecule has 1 aliphatic rings. The van der Waals surface area contributed by atoms with E-state index in [4.69, 9.17) is 5.73 Å². The largest absolute Gasteiger partial charge is 0.573 e. The Morgan fingerprint density at radius 3 is 2.70 bits per heavy atom. The monoisotopic (exact) mass is 383 g/mol. The lowest BCUT2D eigenvalue weighted by atomic mass is 10.1. The number of aromatic nitrogens is 2. The number of amides is 1. The van der Waals surface area contributed by atoms with Crippen LogP contribution in [-0.2, 0) is 18.4 Å². The third kappa shape index (κ3) is 6.33. The van der Waals surface area contributed by atoms with E-state index in [-0.39, 0.29) is 18.2 Å². The summed E-state index contributed by atoms with van der Waals surface area (Å²) in [5.41, 5.74) is 7.10. The molecule has 0 atom stereocenters. The maximum absolute atomic E-state index is 11.5. The first-order valence-corrected chi connectivity index (χ1v) is 8.04. The van der Waals surface area contributed by atoms with Crippen LogP contribution in [0.3, 0.4) is 0 Å². The number of carbonyl (C=O) groups excluding carboxylic acids is 1. The summed E-state index contributed by atoms with van der Waals surface area (Å²) in [5.74, 6) is 0.617. The van der Waals surface area contributed by atoms with Gasteiger partial charge in [-0.2, -0.15) is 5.10 Å². The number of benzene rings is 1. The molecule has 0 spiro atoms. The Kier molecular flexibility index (Phi) is 6.83. The summed E-state index contributed by atoms with van der Waals surface area (Å²) < 4.78 is 39.9. The van der Waals surface area contributed by atoms with E-state index in [1.165, 1.54) is 24.3 Å². The van der Waals surface area contributed by atoms with Crippen molar-refractivity contribution in [2.75, 3.05) is 18.4 Å². The summed E-state index contributed by atoms with van der Waals surface area (Å²) in [6, 6.07) is 7.05. The van der Waals surface area contributed by atoms with E-state index < -0.39 is 6.36 Å². The molecule has 4 N–H and O–H groups in total. The SMILES string of the molecule is Cn1nc(CNC(=O)CN)c2c1NCC=C2.FC(F)(F)Oc1ccccc1. The van der Waals surface area contributed by atoms with Gasteiger partial charge in [-0.15, -0.1) is 13.2 Å². The molecule has 0 saturated carbocycles.